The summed E-state index contributed by atoms with van der Waals surface area (Å²) in [5.74, 6) is 2.50. The molecule has 0 atom stereocenters. The number of aliphatic imine (C=N–C) groups is 1. The number of nitrogens with one attached hydrogen (secondary N) is 1. The minimum atomic E-state index is 0. The second-order valence-electron chi connectivity index (χ2n) is 6.86. The molecule has 1 N–H and O–H groups in total. The van der Waals surface area contributed by atoms with E-state index in [4.69, 9.17) is 9.47 Å². The highest BCUT2D eigenvalue weighted by molar-refractivity contribution is 14.0. The number of rotatable bonds is 8. The van der Waals surface area contributed by atoms with Crippen LogP contribution in [0, 0.1) is 0 Å². The van der Waals surface area contributed by atoms with Crippen molar-refractivity contribution in [3.05, 3.63) is 89.7 Å². The molecule has 0 radical (unpaired) electrons. The van der Waals surface area contributed by atoms with Crippen LogP contribution in [0.15, 0.2) is 77.9 Å². The highest BCUT2D eigenvalue weighted by Gasteiger charge is 2.07. The first-order valence-corrected chi connectivity index (χ1v) is 9.84. The average Bonchev–Trinajstić information content (AvgIpc) is 2.79. The molecule has 0 aliphatic carbocycles. The molecule has 164 valence electrons. The third-order valence-electron chi connectivity index (χ3n) is 4.61. The van der Waals surface area contributed by atoms with E-state index in [-0.39, 0.29) is 24.0 Å². The normalized spacial score (nSPS) is 10.7. The number of pyridine rings is 1. The second-order valence-corrected chi connectivity index (χ2v) is 6.86. The van der Waals surface area contributed by atoms with E-state index in [1.165, 1.54) is 5.56 Å². The Morgan fingerprint density at radius 1 is 1.00 bits per heavy atom. The first-order chi connectivity index (χ1) is 14.7. The number of benzene rings is 2. The number of guanidine groups is 1. The molecule has 1 heterocycles. The lowest BCUT2D eigenvalue weighted by Crippen LogP contribution is -2.38. The van der Waals surface area contributed by atoms with E-state index in [0.717, 1.165) is 35.3 Å². The monoisotopic (exact) mass is 532 g/mol. The molecule has 0 saturated carbocycles. The first kappa shape index (κ1) is 24.5. The summed E-state index contributed by atoms with van der Waals surface area (Å²) in [6.45, 7) is 1.85. The Morgan fingerprint density at radius 2 is 1.81 bits per heavy atom. The van der Waals surface area contributed by atoms with Crippen LogP contribution in [0.25, 0.3) is 0 Å². The van der Waals surface area contributed by atoms with Crippen LogP contribution >= 0.6 is 24.0 Å². The Labute approximate surface area is 201 Å². The van der Waals surface area contributed by atoms with Gasteiger partial charge in [0.1, 0.15) is 18.1 Å². The van der Waals surface area contributed by atoms with E-state index in [1.54, 1.807) is 20.4 Å². The van der Waals surface area contributed by atoms with Crippen molar-refractivity contribution in [3.8, 4) is 11.5 Å². The third-order valence-corrected chi connectivity index (χ3v) is 4.61. The summed E-state index contributed by atoms with van der Waals surface area (Å²) in [5.41, 5.74) is 3.21. The Kier molecular flexibility index (Phi) is 10.1. The molecule has 0 spiro atoms. The fourth-order valence-electron chi connectivity index (χ4n) is 3.03. The predicted octanol–water partition coefficient (Wildman–Crippen LogP) is 4.49. The summed E-state index contributed by atoms with van der Waals surface area (Å²) >= 11 is 0. The zero-order valence-corrected chi connectivity index (χ0v) is 20.4. The molecule has 0 aliphatic heterocycles. The fraction of sp³-hybridized carbons (Fsp3) is 0.250. The topological polar surface area (TPSA) is 59.0 Å². The molecule has 3 rings (SSSR count). The van der Waals surface area contributed by atoms with Crippen LogP contribution in [0.4, 0.5) is 0 Å². The van der Waals surface area contributed by atoms with Crippen LogP contribution in [0.2, 0.25) is 0 Å². The highest BCUT2D eigenvalue weighted by atomic mass is 127. The van der Waals surface area contributed by atoms with Gasteiger partial charge in [-0.25, -0.2) is 0 Å². The van der Waals surface area contributed by atoms with E-state index in [2.05, 4.69) is 38.4 Å². The molecule has 0 unspecified atom stereocenters. The van der Waals surface area contributed by atoms with Gasteiger partial charge >= 0.3 is 0 Å². The van der Waals surface area contributed by atoms with Crippen molar-refractivity contribution in [3.63, 3.8) is 0 Å². The number of hydrogen-bond donors (Lipinski definition) is 1. The number of nitrogens with zero attached hydrogens (tertiary/aromatic N) is 3. The minimum absolute atomic E-state index is 0. The van der Waals surface area contributed by atoms with Crippen molar-refractivity contribution in [2.45, 2.75) is 19.7 Å². The molecule has 2 aromatic carbocycles. The maximum atomic E-state index is 5.87. The van der Waals surface area contributed by atoms with E-state index in [0.29, 0.717) is 13.2 Å². The number of aromatic nitrogens is 1. The van der Waals surface area contributed by atoms with Crippen molar-refractivity contribution in [1.29, 1.82) is 0 Å². The zero-order chi connectivity index (χ0) is 21.2. The molecule has 6 nitrogen and oxygen atoms in total. The molecule has 7 heteroatoms. The SMILES string of the molecule is CN=C(NCc1cccc(OCc2ccccn2)c1)N(C)Cc1ccc(OC)cc1.I. The van der Waals surface area contributed by atoms with Gasteiger partial charge in [0.25, 0.3) is 0 Å². The molecule has 3 aromatic rings. The molecule has 0 aliphatic rings. The molecule has 0 saturated heterocycles. The second kappa shape index (κ2) is 12.8. The fourth-order valence-corrected chi connectivity index (χ4v) is 3.03. The number of ether oxygens (including phenoxy) is 2. The lowest BCUT2D eigenvalue weighted by atomic mass is 10.2. The van der Waals surface area contributed by atoms with Crippen molar-refractivity contribution < 1.29 is 9.47 Å². The van der Waals surface area contributed by atoms with Crippen LogP contribution < -0.4 is 14.8 Å². The van der Waals surface area contributed by atoms with E-state index in [1.807, 2.05) is 55.6 Å². The van der Waals surface area contributed by atoms with E-state index < -0.39 is 0 Å². The van der Waals surface area contributed by atoms with Gasteiger partial charge in [-0.2, -0.15) is 0 Å². The van der Waals surface area contributed by atoms with E-state index >= 15 is 0 Å². The van der Waals surface area contributed by atoms with Gasteiger partial charge in [0.15, 0.2) is 5.96 Å². The molecule has 1 aromatic heterocycles. The Bertz CT molecular complexity index is 949. The first-order valence-electron chi connectivity index (χ1n) is 9.84. The summed E-state index contributed by atoms with van der Waals surface area (Å²) in [6, 6.07) is 21.9. The van der Waals surface area contributed by atoms with Gasteiger partial charge in [-0.1, -0.05) is 30.3 Å². The van der Waals surface area contributed by atoms with Gasteiger partial charge in [0, 0.05) is 33.4 Å². The van der Waals surface area contributed by atoms with Gasteiger partial charge < -0.3 is 19.7 Å². The zero-order valence-electron chi connectivity index (χ0n) is 18.1. The highest BCUT2D eigenvalue weighted by Crippen LogP contribution is 2.15. The summed E-state index contributed by atoms with van der Waals surface area (Å²) < 4.78 is 11.1. The summed E-state index contributed by atoms with van der Waals surface area (Å²) in [7, 11) is 5.48. The quantitative estimate of drug-likeness (QED) is 0.263. The summed E-state index contributed by atoms with van der Waals surface area (Å²) in [6.07, 6.45) is 1.77. The number of halogens is 1. The Hall–Kier alpha value is -2.81. The Balaban J connectivity index is 0.00000341. The Morgan fingerprint density at radius 3 is 2.48 bits per heavy atom. The van der Waals surface area contributed by atoms with Crippen LogP contribution in [0.5, 0.6) is 11.5 Å². The summed E-state index contributed by atoms with van der Waals surface area (Å²) in [5, 5.41) is 3.41. The predicted molar refractivity (Wildman–Crippen MR) is 135 cm³/mol. The minimum Gasteiger partial charge on any atom is -0.497 e. The van der Waals surface area contributed by atoms with Gasteiger partial charge in [-0.3, -0.25) is 9.98 Å². The molecular weight excluding hydrogens is 503 g/mol. The molecular formula is C24H29IN4O2. The molecule has 0 amide bonds. The summed E-state index contributed by atoms with van der Waals surface area (Å²) in [4.78, 5) is 10.8. The van der Waals surface area contributed by atoms with Crippen LogP contribution in [-0.4, -0.2) is 37.0 Å². The maximum Gasteiger partial charge on any atom is 0.193 e. The third kappa shape index (κ3) is 7.75. The lowest BCUT2D eigenvalue weighted by Gasteiger charge is -2.22. The van der Waals surface area contributed by atoms with Crippen LogP contribution in [0.1, 0.15) is 16.8 Å². The lowest BCUT2D eigenvalue weighted by molar-refractivity contribution is 0.301. The van der Waals surface area contributed by atoms with Crippen molar-refractivity contribution in [1.82, 2.24) is 15.2 Å². The van der Waals surface area contributed by atoms with Gasteiger partial charge in [-0.05, 0) is 47.5 Å². The smallest absolute Gasteiger partial charge is 0.193 e. The van der Waals surface area contributed by atoms with Crippen molar-refractivity contribution in [2.75, 3.05) is 21.2 Å². The van der Waals surface area contributed by atoms with Gasteiger partial charge in [-0.15, -0.1) is 24.0 Å². The average molecular weight is 532 g/mol. The van der Waals surface area contributed by atoms with Crippen LogP contribution in [-0.2, 0) is 19.7 Å². The maximum absolute atomic E-state index is 5.87. The number of hydrogen-bond acceptors (Lipinski definition) is 4. The van der Waals surface area contributed by atoms with E-state index in [9.17, 15) is 0 Å². The standard InChI is InChI=1S/C24H28N4O2.HI/c1-25-24(28(2)17-19-10-12-22(29-3)13-11-19)27-16-20-7-6-9-23(15-20)30-18-21-8-4-5-14-26-21;/h4-15H,16-18H2,1-3H3,(H,25,27);1H. The van der Waals surface area contributed by atoms with Crippen LogP contribution in [0.3, 0.4) is 0 Å². The molecule has 0 fully saturated rings. The van der Waals surface area contributed by atoms with Gasteiger partial charge in [0.2, 0.25) is 0 Å². The molecule has 31 heavy (non-hydrogen) atoms. The van der Waals surface area contributed by atoms with Gasteiger partial charge in [0.05, 0.1) is 12.8 Å². The largest absolute Gasteiger partial charge is 0.497 e. The van der Waals surface area contributed by atoms with Crippen molar-refractivity contribution >= 4 is 29.9 Å². The number of methoxy groups -OCH3 is 1. The molecule has 0 bridgehead atoms. The van der Waals surface area contributed by atoms with Crippen molar-refractivity contribution in [2.24, 2.45) is 4.99 Å².